The normalized spacial score (nSPS) is 24.3. The molecular weight excluding hydrogens is 318 g/mol. The third kappa shape index (κ3) is 2.95. The number of amides is 1. The summed E-state index contributed by atoms with van der Waals surface area (Å²) in [4.78, 5) is 26.0. The van der Waals surface area contributed by atoms with E-state index in [1.54, 1.807) is 4.68 Å². The van der Waals surface area contributed by atoms with Crippen LogP contribution < -0.4 is 10.6 Å². The molecule has 2 aromatic rings. The Morgan fingerprint density at radius 2 is 1.96 bits per heavy atom. The van der Waals surface area contributed by atoms with Gasteiger partial charge in [-0.2, -0.15) is 5.10 Å². The first-order valence-electron chi connectivity index (χ1n) is 8.98. The summed E-state index contributed by atoms with van der Waals surface area (Å²) in [5.41, 5.74) is 6.81. The van der Waals surface area contributed by atoms with E-state index in [-0.39, 0.29) is 17.9 Å². The van der Waals surface area contributed by atoms with E-state index in [1.807, 2.05) is 25.1 Å². The van der Waals surface area contributed by atoms with Gasteiger partial charge in [-0.05, 0) is 26.2 Å². The smallest absolute Gasteiger partial charge is 0.225 e. The zero-order valence-corrected chi connectivity index (χ0v) is 14.9. The van der Waals surface area contributed by atoms with E-state index in [0.29, 0.717) is 0 Å². The van der Waals surface area contributed by atoms with E-state index in [0.717, 1.165) is 68.1 Å². The number of aromatic nitrogens is 4. The minimum atomic E-state index is 0.118. The highest BCUT2D eigenvalue weighted by Crippen LogP contribution is 2.28. The fourth-order valence-electron chi connectivity index (χ4n) is 3.99. The molecule has 1 saturated carbocycles. The number of carbonyl (C=O) groups excluding carboxylic acids is 1. The molecule has 1 aliphatic carbocycles. The van der Waals surface area contributed by atoms with Gasteiger partial charge in [0.1, 0.15) is 11.6 Å². The molecule has 0 aromatic carbocycles. The Bertz CT molecular complexity index is 794. The lowest BCUT2D eigenvalue weighted by Crippen LogP contribution is -2.50. The molecule has 0 bridgehead atoms. The van der Waals surface area contributed by atoms with Gasteiger partial charge < -0.3 is 15.5 Å². The first-order valence-corrected chi connectivity index (χ1v) is 8.98. The van der Waals surface area contributed by atoms with Gasteiger partial charge in [0, 0.05) is 45.2 Å². The van der Waals surface area contributed by atoms with Crippen molar-refractivity contribution in [1.82, 2.24) is 24.6 Å². The van der Waals surface area contributed by atoms with Gasteiger partial charge in [0.2, 0.25) is 5.91 Å². The zero-order chi connectivity index (χ0) is 17.6. The van der Waals surface area contributed by atoms with Crippen LogP contribution in [-0.2, 0) is 11.8 Å². The molecule has 3 heterocycles. The quantitative estimate of drug-likeness (QED) is 0.851. The number of rotatable bonds is 2. The number of anilines is 1. The van der Waals surface area contributed by atoms with Crippen molar-refractivity contribution in [3.8, 4) is 0 Å². The van der Waals surface area contributed by atoms with Crippen molar-refractivity contribution in [3.63, 3.8) is 0 Å². The predicted octanol–water partition coefficient (Wildman–Crippen LogP) is 0.448. The molecule has 0 unspecified atom stereocenters. The Kier molecular flexibility index (Phi) is 4.07. The van der Waals surface area contributed by atoms with Crippen molar-refractivity contribution in [2.24, 2.45) is 18.7 Å². The average molecular weight is 343 g/mol. The maximum absolute atomic E-state index is 12.7. The van der Waals surface area contributed by atoms with E-state index in [1.165, 1.54) is 0 Å². The van der Waals surface area contributed by atoms with Crippen molar-refractivity contribution < 1.29 is 4.79 Å². The summed E-state index contributed by atoms with van der Waals surface area (Å²) < 4.78 is 1.77. The Hall–Kier alpha value is -2.22. The maximum atomic E-state index is 12.7. The van der Waals surface area contributed by atoms with Crippen LogP contribution in [0.1, 0.15) is 25.1 Å². The number of nitrogens with two attached hydrogens (primary N) is 1. The lowest BCUT2D eigenvalue weighted by atomic mass is 10.1. The molecule has 8 heteroatoms. The molecule has 1 amide bonds. The second kappa shape index (κ2) is 6.25. The second-order valence-corrected chi connectivity index (χ2v) is 7.18. The van der Waals surface area contributed by atoms with E-state index >= 15 is 0 Å². The summed E-state index contributed by atoms with van der Waals surface area (Å²) in [6.45, 7) is 4.93. The summed E-state index contributed by atoms with van der Waals surface area (Å²) >= 11 is 0. The SMILES string of the molecule is Cc1nc(N2CCN(C(=O)[C@H]3CC[C@H](N)C3)CC2)c2cnn(C)c2n1. The number of hydrogen-bond donors (Lipinski definition) is 1. The van der Waals surface area contributed by atoms with Gasteiger partial charge in [0.25, 0.3) is 0 Å². The van der Waals surface area contributed by atoms with Crippen molar-refractivity contribution in [1.29, 1.82) is 0 Å². The van der Waals surface area contributed by atoms with E-state index in [2.05, 4.69) is 20.0 Å². The van der Waals surface area contributed by atoms with Crippen LogP contribution in [0.15, 0.2) is 6.20 Å². The molecule has 134 valence electrons. The number of fused-ring (bicyclic) bond motifs is 1. The molecule has 2 N–H and O–H groups in total. The van der Waals surface area contributed by atoms with Crippen molar-refractivity contribution in [2.45, 2.75) is 32.2 Å². The van der Waals surface area contributed by atoms with Crippen LogP contribution in [0, 0.1) is 12.8 Å². The fourth-order valence-corrected chi connectivity index (χ4v) is 3.99. The van der Waals surface area contributed by atoms with Gasteiger partial charge in [-0.3, -0.25) is 9.48 Å². The van der Waals surface area contributed by atoms with Gasteiger partial charge in [0.15, 0.2) is 5.65 Å². The number of aryl methyl sites for hydroxylation is 2. The summed E-state index contributed by atoms with van der Waals surface area (Å²) in [7, 11) is 1.89. The number of piperazine rings is 1. The Morgan fingerprint density at radius 3 is 2.64 bits per heavy atom. The summed E-state index contributed by atoms with van der Waals surface area (Å²) in [6, 6.07) is 0.193. The van der Waals surface area contributed by atoms with Crippen LogP contribution in [0.5, 0.6) is 0 Å². The lowest BCUT2D eigenvalue weighted by Gasteiger charge is -2.36. The van der Waals surface area contributed by atoms with Gasteiger partial charge in [-0.25, -0.2) is 9.97 Å². The van der Waals surface area contributed by atoms with E-state index < -0.39 is 0 Å². The molecule has 1 aliphatic heterocycles. The first kappa shape index (κ1) is 16.3. The predicted molar refractivity (Wildman–Crippen MR) is 95.2 cm³/mol. The summed E-state index contributed by atoms with van der Waals surface area (Å²) in [5.74, 6) is 2.06. The Balaban J connectivity index is 1.48. The zero-order valence-electron chi connectivity index (χ0n) is 14.9. The highest BCUT2D eigenvalue weighted by Gasteiger charge is 2.33. The number of hydrogen-bond acceptors (Lipinski definition) is 6. The van der Waals surface area contributed by atoms with Crippen LogP contribution in [0.25, 0.3) is 11.0 Å². The summed E-state index contributed by atoms with van der Waals surface area (Å²) in [5, 5.41) is 5.27. The third-order valence-electron chi connectivity index (χ3n) is 5.40. The molecule has 2 atom stereocenters. The molecule has 2 aliphatic rings. The average Bonchev–Trinajstić information content (AvgIpc) is 3.20. The topological polar surface area (TPSA) is 93.2 Å². The minimum absolute atomic E-state index is 0.118. The van der Waals surface area contributed by atoms with Gasteiger partial charge in [-0.15, -0.1) is 0 Å². The highest BCUT2D eigenvalue weighted by molar-refractivity contribution is 5.87. The molecular formula is C17H25N7O. The number of carbonyl (C=O) groups is 1. The second-order valence-electron chi connectivity index (χ2n) is 7.18. The van der Waals surface area contributed by atoms with Crippen molar-refractivity contribution in [3.05, 3.63) is 12.0 Å². The molecule has 0 spiro atoms. The highest BCUT2D eigenvalue weighted by atomic mass is 16.2. The van der Waals surface area contributed by atoms with Crippen LogP contribution in [0.4, 0.5) is 5.82 Å². The molecule has 8 nitrogen and oxygen atoms in total. The Labute approximate surface area is 147 Å². The van der Waals surface area contributed by atoms with Crippen molar-refractivity contribution in [2.75, 3.05) is 31.1 Å². The molecule has 1 saturated heterocycles. The largest absolute Gasteiger partial charge is 0.352 e. The summed E-state index contributed by atoms with van der Waals surface area (Å²) in [6.07, 6.45) is 4.55. The molecule has 25 heavy (non-hydrogen) atoms. The molecule has 4 rings (SSSR count). The Morgan fingerprint density at radius 1 is 1.20 bits per heavy atom. The standard InChI is InChI=1S/C17H25N7O/c1-11-20-15-14(10-19-22(15)2)16(21-11)23-5-7-24(8-6-23)17(25)12-3-4-13(18)9-12/h10,12-13H,3-9,18H2,1-2H3/t12-,13-/m0/s1. The first-order chi connectivity index (χ1) is 12.0. The van der Waals surface area contributed by atoms with Crippen LogP contribution in [0.3, 0.4) is 0 Å². The maximum Gasteiger partial charge on any atom is 0.225 e. The van der Waals surface area contributed by atoms with Crippen molar-refractivity contribution >= 4 is 22.8 Å². The third-order valence-corrected chi connectivity index (χ3v) is 5.40. The van der Waals surface area contributed by atoms with Crippen LogP contribution in [0.2, 0.25) is 0 Å². The molecule has 0 radical (unpaired) electrons. The van der Waals surface area contributed by atoms with Crippen LogP contribution >= 0.6 is 0 Å². The number of nitrogens with zero attached hydrogens (tertiary/aromatic N) is 6. The lowest BCUT2D eigenvalue weighted by molar-refractivity contribution is -0.135. The monoisotopic (exact) mass is 343 g/mol. The molecule has 2 fully saturated rings. The fraction of sp³-hybridized carbons (Fsp3) is 0.647. The van der Waals surface area contributed by atoms with Crippen LogP contribution in [-0.4, -0.2) is 62.8 Å². The van der Waals surface area contributed by atoms with E-state index in [9.17, 15) is 4.79 Å². The molecule has 2 aromatic heterocycles. The van der Waals surface area contributed by atoms with Gasteiger partial charge >= 0.3 is 0 Å². The minimum Gasteiger partial charge on any atom is -0.352 e. The van der Waals surface area contributed by atoms with Gasteiger partial charge in [0.05, 0.1) is 11.6 Å². The van der Waals surface area contributed by atoms with Gasteiger partial charge in [-0.1, -0.05) is 0 Å². The van der Waals surface area contributed by atoms with E-state index in [4.69, 9.17) is 5.73 Å².